The first kappa shape index (κ1) is 19.6. The number of piperazine rings is 1. The van der Waals surface area contributed by atoms with Crippen molar-refractivity contribution in [1.82, 2.24) is 18.4 Å². The van der Waals surface area contributed by atoms with Gasteiger partial charge in [0, 0.05) is 39.3 Å². The first-order chi connectivity index (χ1) is 13.1. The number of fused-ring (bicyclic) bond motifs is 1. The minimum Gasteiger partial charge on any atom is -0.358 e. The Hall–Kier alpha value is -2.16. The van der Waals surface area contributed by atoms with E-state index in [-0.39, 0.29) is 11.2 Å². The Morgan fingerprint density at radius 3 is 2.22 bits per heavy atom. The van der Waals surface area contributed by atoms with E-state index in [0.717, 1.165) is 37.1 Å². The quantitative estimate of drug-likeness (QED) is 0.635. The minimum absolute atomic E-state index is 0.238. The summed E-state index contributed by atoms with van der Waals surface area (Å²) >= 11 is 1.28. The van der Waals surface area contributed by atoms with Gasteiger partial charge in [0.25, 0.3) is 5.56 Å². The van der Waals surface area contributed by atoms with Gasteiger partial charge >= 0.3 is 5.69 Å². The van der Waals surface area contributed by atoms with Crippen LogP contribution in [0.4, 0.5) is 5.00 Å². The Morgan fingerprint density at radius 1 is 1.00 bits per heavy atom. The number of anilines is 1. The molecule has 27 heavy (non-hydrogen) atoms. The molecule has 1 aliphatic heterocycles. The van der Waals surface area contributed by atoms with Gasteiger partial charge in [0.15, 0.2) is 5.65 Å². The molecular formula is C18H27N5O3S. The number of amides is 1. The SMILES string of the molecule is CCCCn1c(=O)c2c(N3CCN(C=O)CC3)snc2n(CCCC)c1=O. The van der Waals surface area contributed by atoms with Crippen LogP contribution in [0, 0.1) is 0 Å². The molecule has 1 fully saturated rings. The molecule has 1 saturated heterocycles. The predicted octanol–water partition coefficient (Wildman–Crippen LogP) is 1.50. The van der Waals surface area contributed by atoms with E-state index < -0.39 is 0 Å². The number of nitrogens with zero attached hydrogens (tertiary/aromatic N) is 5. The fraction of sp³-hybridized carbons (Fsp3) is 0.667. The van der Waals surface area contributed by atoms with Crippen molar-refractivity contribution in [3.05, 3.63) is 20.8 Å². The fourth-order valence-electron chi connectivity index (χ4n) is 3.38. The van der Waals surface area contributed by atoms with Gasteiger partial charge in [-0.05, 0) is 24.4 Å². The third kappa shape index (κ3) is 3.78. The number of unbranched alkanes of at least 4 members (excludes halogenated alkanes) is 2. The molecule has 0 saturated carbocycles. The van der Waals surface area contributed by atoms with Gasteiger partial charge in [-0.1, -0.05) is 26.7 Å². The number of hydrogen-bond acceptors (Lipinski definition) is 6. The van der Waals surface area contributed by atoms with Crippen molar-refractivity contribution < 1.29 is 4.79 Å². The maximum atomic E-state index is 13.1. The lowest BCUT2D eigenvalue weighted by Crippen LogP contribution is -2.46. The van der Waals surface area contributed by atoms with Crippen molar-refractivity contribution in [1.29, 1.82) is 0 Å². The van der Waals surface area contributed by atoms with Gasteiger partial charge in [-0.3, -0.25) is 18.7 Å². The van der Waals surface area contributed by atoms with Crippen LogP contribution < -0.4 is 16.1 Å². The van der Waals surface area contributed by atoms with Crippen molar-refractivity contribution >= 4 is 34.0 Å². The Balaban J connectivity index is 2.10. The molecule has 0 bridgehead atoms. The van der Waals surface area contributed by atoms with Crippen LogP contribution in [-0.4, -0.2) is 51.0 Å². The van der Waals surface area contributed by atoms with E-state index in [0.29, 0.717) is 50.3 Å². The summed E-state index contributed by atoms with van der Waals surface area (Å²) in [6.07, 6.45) is 4.40. The Morgan fingerprint density at radius 2 is 1.63 bits per heavy atom. The second-order valence-electron chi connectivity index (χ2n) is 6.91. The highest BCUT2D eigenvalue weighted by Gasteiger charge is 2.24. The van der Waals surface area contributed by atoms with Crippen molar-refractivity contribution in [3.8, 4) is 0 Å². The largest absolute Gasteiger partial charge is 0.358 e. The molecule has 0 unspecified atom stereocenters. The van der Waals surface area contributed by atoms with Crippen LogP contribution in [0.1, 0.15) is 39.5 Å². The average molecular weight is 394 g/mol. The van der Waals surface area contributed by atoms with Crippen LogP contribution in [0.3, 0.4) is 0 Å². The normalized spacial score (nSPS) is 14.9. The summed E-state index contributed by atoms with van der Waals surface area (Å²) in [5.41, 5.74) is 0.0128. The molecule has 8 nitrogen and oxygen atoms in total. The van der Waals surface area contributed by atoms with Gasteiger partial charge in [-0.2, -0.15) is 4.37 Å². The zero-order valence-corrected chi connectivity index (χ0v) is 16.8. The Kier molecular flexibility index (Phi) is 6.30. The lowest BCUT2D eigenvalue weighted by Gasteiger charge is -2.32. The van der Waals surface area contributed by atoms with Gasteiger partial charge in [0.1, 0.15) is 10.4 Å². The molecule has 3 heterocycles. The Bertz CT molecular complexity index is 908. The number of carbonyl (C=O) groups is 1. The van der Waals surface area contributed by atoms with E-state index in [9.17, 15) is 14.4 Å². The maximum absolute atomic E-state index is 13.1. The summed E-state index contributed by atoms with van der Waals surface area (Å²) in [7, 11) is 0. The van der Waals surface area contributed by atoms with E-state index in [2.05, 4.69) is 16.2 Å². The summed E-state index contributed by atoms with van der Waals surface area (Å²) < 4.78 is 7.54. The molecule has 3 rings (SSSR count). The van der Waals surface area contributed by atoms with Crippen LogP contribution in [0.5, 0.6) is 0 Å². The highest BCUT2D eigenvalue weighted by molar-refractivity contribution is 7.11. The standard InChI is InChI=1S/C18H27N5O3S/c1-3-5-7-22-15-14(16(25)23(18(22)26)8-6-4-2)17(27-19-15)21-11-9-20(13-24)10-12-21/h13H,3-12H2,1-2H3. The van der Waals surface area contributed by atoms with Crippen molar-refractivity contribution in [2.45, 2.75) is 52.6 Å². The number of aromatic nitrogens is 3. The van der Waals surface area contributed by atoms with Gasteiger partial charge in [-0.15, -0.1) is 0 Å². The fourth-order valence-corrected chi connectivity index (χ4v) is 4.31. The molecule has 1 aliphatic rings. The first-order valence-corrected chi connectivity index (χ1v) is 10.5. The van der Waals surface area contributed by atoms with Crippen LogP contribution in [-0.2, 0) is 17.9 Å². The molecule has 0 aromatic carbocycles. The third-order valence-electron chi connectivity index (χ3n) is 5.05. The van der Waals surface area contributed by atoms with Crippen molar-refractivity contribution in [2.75, 3.05) is 31.1 Å². The Labute approximate surface area is 162 Å². The lowest BCUT2D eigenvalue weighted by molar-refractivity contribution is -0.118. The van der Waals surface area contributed by atoms with E-state index in [1.165, 1.54) is 16.1 Å². The summed E-state index contributed by atoms with van der Waals surface area (Å²) in [6.45, 7) is 7.71. The highest BCUT2D eigenvalue weighted by atomic mass is 32.1. The molecule has 2 aromatic heterocycles. The van der Waals surface area contributed by atoms with Crippen LogP contribution in [0.15, 0.2) is 9.59 Å². The zero-order valence-electron chi connectivity index (χ0n) is 16.0. The van der Waals surface area contributed by atoms with Crippen molar-refractivity contribution in [3.63, 3.8) is 0 Å². The topological polar surface area (TPSA) is 80.4 Å². The van der Waals surface area contributed by atoms with E-state index in [1.807, 2.05) is 6.92 Å². The van der Waals surface area contributed by atoms with E-state index >= 15 is 0 Å². The molecule has 0 aliphatic carbocycles. The van der Waals surface area contributed by atoms with Gasteiger partial charge in [0.2, 0.25) is 6.41 Å². The number of rotatable bonds is 8. The summed E-state index contributed by atoms with van der Waals surface area (Å²) in [6, 6.07) is 0. The van der Waals surface area contributed by atoms with Gasteiger partial charge < -0.3 is 9.80 Å². The van der Waals surface area contributed by atoms with Gasteiger partial charge in [-0.25, -0.2) is 4.79 Å². The van der Waals surface area contributed by atoms with Crippen LogP contribution >= 0.6 is 11.5 Å². The van der Waals surface area contributed by atoms with Crippen molar-refractivity contribution in [2.24, 2.45) is 0 Å². The average Bonchev–Trinajstić information content (AvgIpc) is 3.13. The molecule has 148 valence electrons. The molecule has 0 atom stereocenters. The smallest absolute Gasteiger partial charge is 0.332 e. The number of hydrogen-bond donors (Lipinski definition) is 0. The monoisotopic (exact) mass is 393 g/mol. The van der Waals surface area contributed by atoms with E-state index in [1.54, 1.807) is 9.47 Å². The highest BCUT2D eigenvalue weighted by Crippen LogP contribution is 2.29. The molecule has 9 heteroatoms. The lowest BCUT2D eigenvalue weighted by atomic mass is 10.3. The van der Waals surface area contributed by atoms with Crippen LogP contribution in [0.2, 0.25) is 0 Å². The summed E-state index contributed by atoms with van der Waals surface area (Å²) in [5.74, 6) is 0. The number of carbonyl (C=O) groups excluding carboxylic acids is 1. The molecule has 2 aromatic rings. The number of aryl methyl sites for hydroxylation is 1. The maximum Gasteiger partial charge on any atom is 0.332 e. The minimum atomic E-state index is -0.253. The molecular weight excluding hydrogens is 366 g/mol. The second-order valence-corrected chi connectivity index (χ2v) is 7.66. The van der Waals surface area contributed by atoms with Crippen LogP contribution in [0.25, 0.3) is 11.0 Å². The molecule has 0 radical (unpaired) electrons. The molecule has 0 N–H and O–H groups in total. The first-order valence-electron chi connectivity index (χ1n) is 9.69. The third-order valence-corrected chi connectivity index (χ3v) is 5.95. The molecule has 0 spiro atoms. The molecule has 1 amide bonds. The van der Waals surface area contributed by atoms with Gasteiger partial charge in [0.05, 0.1) is 0 Å². The van der Waals surface area contributed by atoms with E-state index in [4.69, 9.17) is 0 Å². The summed E-state index contributed by atoms with van der Waals surface area (Å²) in [4.78, 5) is 40.9. The zero-order chi connectivity index (χ0) is 19.4. The summed E-state index contributed by atoms with van der Waals surface area (Å²) in [5, 5.41) is 1.36. The predicted molar refractivity (Wildman–Crippen MR) is 108 cm³/mol. The second kappa shape index (κ2) is 8.69.